The number of carbonyl (C=O) groups is 1. The van der Waals surface area contributed by atoms with E-state index in [-0.39, 0.29) is 24.5 Å². The molecular weight excluding hydrogens is 302 g/mol. The number of hydrogen-bond acceptors (Lipinski definition) is 3. The van der Waals surface area contributed by atoms with Crippen molar-refractivity contribution in [2.45, 2.75) is 31.6 Å². The Bertz CT molecular complexity index is 659. The lowest BCUT2D eigenvalue weighted by Gasteiger charge is -2.39. The van der Waals surface area contributed by atoms with Gasteiger partial charge in [0.1, 0.15) is 0 Å². The maximum absolute atomic E-state index is 12.8. The molecule has 3 rings (SSSR count). The molecule has 126 valence electrons. The Morgan fingerprint density at radius 2 is 1.79 bits per heavy atom. The van der Waals surface area contributed by atoms with Crippen molar-refractivity contribution < 1.29 is 14.6 Å². The Hall–Kier alpha value is -2.17. The fourth-order valence-electron chi connectivity index (χ4n) is 3.11. The number of ether oxygens (including phenoxy) is 1. The van der Waals surface area contributed by atoms with Crippen LogP contribution in [-0.4, -0.2) is 35.2 Å². The minimum Gasteiger partial charge on any atom is -0.388 e. The van der Waals surface area contributed by atoms with Crippen molar-refractivity contribution in [2.24, 2.45) is 0 Å². The van der Waals surface area contributed by atoms with Gasteiger partial charge in [0.25, 0.3) is 0 Å². The molecule has 0 radical (unpaired) electrons. The molecule has 2 aromatic carbocycles. The van der Waals surface area contributed by atoms with E-state index < -0.39 is 6.10 Å². The predicted molar refractivity (Wildman–Crippen MR) is 92.3 cm³/mol. The lowest BCUT2D eigenvalue weighted by molar-refractivity contribution is -0.146. The van der Waals surface area contributed by atoms with E-state index in [4.69, 9.17) is 4.74 Å². The van der Waals surface area contributed by atoms with E-state index in [0.29, 0.717) is 13.2 Å². The van der Waals surface area contributed by atoms with Gasteiger partial charge >= 0.3 is 0 Å². The van der Waals surface area contributed by atoms with Crippen molar-refractivity contribution in [2.75, 3.05) is 13.2 Å². The fourth-order valence-corrected chi connectivity index (χ4v) is 3.11. The molecule has 0 aromatic heterocycles. The summed E-state index contributed by atoms with van der Waals surface area (Å²) < 4.78 is 5.76. The fraction of sp³-hybridized carbons (Fsp3) is 0.350. The zero-order chi connectivity index (χ0) is 16.9. The van der Waals surface area contributed by atoms with Crippen LogP contribution in [0.5, 0.6) is 0 Å². The predicted octanol–water partition coefficient (Wildman–Crippen LogP) is 3.10. The highest BCUT2D eigenvalue weighted by atomic mass is 16.5. The summed E-state index contributed by atoms with van der Waals surface area (Å²) in [7, 11) is 0. The van der Waals surface area contributed by atoms with Crippen LogP contribution in [-0.2, 0) is 9.53 Å². The summed E-state index contributed by atoms with van der Waals surface area (Å²) in [5.74, 6) is -0.0460. The first kappa shape index (κ1) is 16.7. The second kappa shape index (κ2) is 7.60. The molecule has 1 aliphatic heterocycles. The highest BCUT2D eigenvalue weighted by Gasteiger charge is 2.32. The number of amides is 1. The number of morpholine rings is 1. The second-order valence-electron chi connectivity index (χ2n) is 6.25. The molecule has 4 nitrogen and oxygen atoms in total. The van der Waals surface area contributed by atoms with Crippen molar-refractivity contribution in [1.82, 2.24) is 4.90 Å². The van der Waals surface area contributed by atoms with Gasteiger partial charge in [-0.15, -0.1) is 0 Å². The van der Waals surface area contributed by atoms with Crippen molar-refractivity contribution in [1.29, 1.82) is 0 Å². The number of aliphatic hydroxyl groups excluding tert-OH is 1. The Kier molecular flexibility index (Phi) is 5.28. The Labute approximate surface area is 142 Å². The third kappa shape index (κ3) is 3.83. The van der Waals surface area contributed by atoms with Crippen LogP contribution in [0.3, 0.4) is 0 Å². The summed E-state index contributed by atoms with van der Waals surface area (Å²) in [4.78, 5) is 14.7. The van der Waals surface area contributed by atoms with Gasteiger partial charge in [0.2, 0.25) is 5.91 Å². The van der Waals surface area contributed by atoms with Crippen LogP contribution >= 0.6 is 0 Å². The molecule has 1 saturated heterocycles. The highest BCUT2D eigenvalue weighted by molar-refractivity contribution is 5.77. The molecular formula is C20H23NO3. The molecule has 24 heavy (non-hydrogen) atoms. The number of nitrogens with zero attached hydrogens (tertiary/aromatic N) is 1. The largest absolute Gasteiger partial charge is 0.388 e. The maximum atomic E-state index is 12.8. The number of hydrogen-bond donors (Lipinski definition) is 1. The summed E-state index contributed by atoms with van der Waals surface area (Å²) in [5.41, 5.74) is 1.83. The van der Waals surface area contributed by atoms with Crippen molar-refractivity contribution >= 4 is 5.91 Å². The smallest absolute Gasteiger partial charge is 0.226 e. The van der Waals surface area contributed by atoms with E-state index in [1.807, 2.05) is 72.5 Å². The van der Waals surface area contributed by atoms with Crippen LogP contribution in [0.15, 0.2) is 60.7 Å². The van der Waals surface area contributed by atoms with E-state index in [1.165, 1.54) is 0 Å². The zero-order valence-electron chi connectivity index (χ0n) is 13.8. The molecule has 1 fully saturated rings. The third-order valence-corrected chi connectivity index (χ3v) is 4.43. The third-order valence-electron chi connectivity index (χ3n) is 4.43. The van der Waals surface area contributed by atoms with Gasteiger partial charge in [-0.3, -0.25) is 4.79 Å². The molecule has 1 aliphatic rings. The summed E-state index contributed by atoms with van der Waals surface area (Å²) in [5, 5.41) is 10.4. The molecule has 3 atom stereocenters. The van der Waals surface area contributed by atoms with Gasteiger partial charge in [0.15, 0.2) is 0 Å². The highest BCUT2D eigenvalue weighted by Crippen LogP contribution is 2.28. The topological polar surface area (TPSA) is 49.8 Å². The molecule has 1 heterocycles. The molecule has 1 amide bonds. The average molecular weight is 325 g/mol. The Balaban J connectivity index is 1.75. The van der Waals surface area contributed by atoms with Gasteiger partial charge in [0.05, 0.1) is 31.3 Å². The van der Waals surface area contributed by atoms with E-state index >= 15 is 0 Å². The van der Waals surface area contributed by atoms with E-state index in [9.17, 15) is 9.90 Å². The van der Waals surface area contributed by atoms with E-state index in [1.54, 1.807) is 0 Å². The first-order valence-corrected chi connectivity index (χ1v) is 8.34. The number of aliphatic hydroxyl groups is 1. The molecule has 3 unspecified atom stereocenters. The zero-order valence-corrected chi connectivity index (χ0v) is 13.8. The number of rotatable bonds is 4. The summed E-state index contributed by atoms with van der Waals surface area (Å²) in [6.07, 6.45) is -0.698. The lowest BCUT2D eigenvalue weighted by atomic mass is 10.0. The summed E-state index contributed by atoms with van der Waals surface area (Å²) in [6, 6.07) is 19.1. The average Bonchev–Trinajstić information content (AvgIpc) is 2.63. The van der Waals surface area contributed by atoms with Crippen molar-refractivity contribution in [3.8, 4) is 0 Å². The van der Waals surface area contributed by atoms with Crippen molar-refractivity contribution in [3.05, 3.63) is 71.8 Å². The molecule has 0 aliphatic carbocycles. The SMILES string of the molecule is CC1CN(C(=O)CC(O)c2ccccc2)C(c2ccccc2)CO1. The lowest BCUT2D eigenvalue weighted by Crippen LogP contribution is -2.47. The maximum Gasteiger partial charge on any atom is 0.226 e. The Morgan fingerprint density at radius 1 is 1.17 bits per heavy atom. The van der Waals surface area contributed by atoms with E-state index in [0.717, 1.165) is 11.1 Å². The molecule has 1 N–H and O–H groups in total. The number of carbonyl (C=O) groups excluding carboxylic acids is 1. The van der Waals surface area contributed by atoms with Crippen LogP contribution in [0.2, 0.25) is 0 Å². The molecule has 0 saturated carbocycles. The monoisotopic (exact) mass is 325 g/mol. The quantitative estimate of drug-likeness (QED) is 0.940. The minimum absolute atomic E-state index is 0.00257. The molecule has 0 spiro atoms. The first-order chi connectivity index (χ1) is 11.6. The normalized spacial score (nSPS) is 22.2. The van der Waals surface area contributed by atoms with Crippen molar-refractivity contribution in [3.63, 3.8) is 0 Å². The first-order valence-electron chi connectivity index (χ1n) is 8.34. The number of benzene rings is 2. The van der Waals surface area contributed by atoms with Crippen LogP contribution in [0.1, 0.15) is 36.6 Å². The molecule has 2 aromatic rings. The van der Waals surface area contributed by atoms with Crippen LogP contribution in [0.25, 0.3) is 0 Å². The van der Waals surface area contributed by atoms with E-state index in [2.05, 4.69) is 0 Å². The van der Waals surface area contributed by atoms with Gasteiger partial charge in [-0.05, 0) is 18.1 Å². The summed E-state index contributed by atoms with van der Waals surface area (Å²) in [6.45, 7) is 2.99. The van der Waals surface area contributed by atoms with Crippen LogP contribution in [0, 0.1) is 0 Å². The molecule has 4 heteroatoms. The van der Waals surface area contributed by atoms with Crippen LogP contribution in [0.4, 0.5) is 0 Å². The van der Waals surface area contributed by atoms with Gasteiger partial charge in [-0.1, -0.05) is 60.7 Å². The van der Waals surface area contributed by atoms with Gasteiger partial charge in [0, 0.05) is 6.54 Å². The minimum atomic E-state index is -0.784. The van der Waals surface area contributed by atoms with Crippen LogP contribution < -0.4 is 0 Å². The Morgan fingerprint density at radius 3 is 2.46 bits per heavy atom. The standard InChI is InChI=1S/C20H23NO3/c1-15-13-21(18(14-24-15)16-8-4-2-5-9-16)20(23)12-19(22)17-10-6-3-7-11-17/h2-11,15,18-19,22H,12-14H2,1H3. The molecule has 0 bridgehead atoms. The van der Waals surface area contributed by atoms with Gasteiger partial charge < -0.3 is 14.7 Å². The van der Waals surface area contributed by atoms with Gasteiger partial charge in [-0.2, -0.15) is 0 Å². The second-order valence-corrected chi connectivity index (χ2v) is 6.25. The van der Waals surface area contributed by atoms with Gasteiger partial charge in [-0.25, -0.2) is 0 Å². The summed E-state index contributed by atoms with van der Waals surface area (Å²) >= 11 is 0.